The second-order valence-corrected chi connectivity index (χ2v) is 32.5. The lowest BCUT2D eigenvalue weighted by Crippen LogP contribution is -2.35. The second-order valence-electron chi connectivity index (χ2n) is 31.0. The topological polar surface area (TPSA) is 311 Å². The first kappa shape index (κ1) is 89.8. The normalized spacial score (nSPS) is 13.8. The summed E-state index contributed by atoms with van der Waals surface area (Å²) in [5.41, 5.74) is 18.1. The molecule has 0 unspecified atom stereocenters. The summed E-state index contributed by atoms with van der Waals surface area (Å²) in [6.45, 7) is 26.9. The number of likely N-dealkylation sites (N-methyl/N-ethyl adjacent to an activating group) is 10. The molecule has 6 aromatic carbocycles. The van der Waals surface area contributed by atoms with Crippen LogP contribution in [0.25, 0.3) is 0 Å². The van der Waals surface area contributed by atoms with Gasteiger partial charge in [0.2, 0.25) is 39.8 Å². The number of nitrogens with two attached hydrogens (primary N) is 1. The van der Waals surface area contributed by atoms with Crippen LogP contribution in [0.15, 0.2) is 249 Å². The number of carbonyl (C=O) groups excluding carboxylic acids is 1. The van der Waals surface area contributed by atoms with Gasteiger partial charge < -0.3 is 85.2 Å². The first-order chi connectivity index (χ1) is 59.9. The quantitative estimate of drug-likeness (QED) is 0.0343. The highest BCUT2D eigenvalue weighted by molar-refractivity contribution is 7.89. The number of Topliss-reactive ketones (excluding diaryl/α,β-unsaturated/α-hetero) is 1. The number of ketones is 1. The number of carbonyl (C=O) groups is 1. The first-order valence-corrected chi connectivity index (χ1v) is 42.0. The van der Waals surface area contributed by atoms with Gasteiger partial charge in [-0.3, -0.25) is 4.79 Å². The van der Waals surface area contributed by atoms with E-state index in [1.165, 1.54) is 41.1 Å². The number of anilines is 16. The van der Waals surface area contributed by atoms with E-state index in [1.54, 1.807) is 43.8 Å². The van der Waals surface area contributed by atoms with Gasteiger partial charge in [0.1, 0.15) is 40.0 Å². The van der Waals surface area contributed by atoms with Crippen molar-refractivity contribution in [3.05, 3.63) is 289 Å². The monoisotopic (exact) mass is 1710 g/mol. The van der Waals surface area contributed by atoms with Crippen LogP contribution in [0, 0.1) is 5.82 Å². The summed E-state index contributed by atoms with van der Waals surface area (Å²) in [5, 5.41) is 21.2. The van der Waals surface area contributed by atoms with Crippen molar-refractivity contribution in [1.82, 2.24) is 49.8 Å². The molecule has 0 saturated heterocycles. The summed E-state index contributed by atoms with van der Waals surface area (Å²) in [6, 6.07) is 46.9. The molecule has 16 rings (SSSR count). The number of methoxy groups -OCH3 is 1. The van der Waals surface area contributed by atoms with Crippen molar-refractivity contribution in [2.24, 2.45) is 5.14 Å². The molecule has 0 saturated carbocycles. The molecule has 0 aliphatic carbocycles. The van der Waals surface area contributed by atoms with Crippen LogP contribution < -0.4 is 90.4 Å². The lowest BCUT2D eigenvalue weighted by Gasteiger charge is -2.34. The fourth-order valence-corrected chi connectivity index (χ4v) is 14.4. The number of fused-ring (bicyclic) bond motifs is 5. The zero-order valence-corrected chi connectivity index (χ0v) is 74.0. The minimum Gasteiger partial charge on any atom is -0.496 e. The summed E-state index contributed by atoms with van der Waals surface area (Å²) in [4.78, 5) is 80.0. The standard InChI is InChI=1S/C25H27N5O.C18H24N6.C17H21N5O.C16H18FN5.C16H20N6O2S/c1-18-17-29(2)24-22(30(18)3)16-27-25(28-24)26-15-20-9-12-21(13-10-20)23(31)14-11-19-7-5-4-6-8-19;1-13-12-23(4)17-16(24(13)5)11-20-18(21-17)19-10-14-6-8-15(9-7-14)22(2)3;1-12-11-21(2)16-14(22(12)3)10-19-17(20-16)18-9-13-7-5-6-8-15(13)23-4;1-11-10-21(2)15-14(22(11)3)9-19-16(20-15)18-8-12-4-6-13(17)7-5-12;1-11-10-21(2)15-14(22(11)3)9-19-16(20-15)18-8-12-4-6-13(7-5-12)25(17,23)24/h4-10,12-13,16H,1,11,14-15,17H2,2-3H3,(H,26,27,28);6-9,11H,1,10,12H2,2-5H3,(H,19,20,21);5-8,10H,1,9,11H2,2-4H3,(H,18,19,20);4-7,9H,1,8,10H2,2-3H3,(H,18,19,20);4-7,9H,1,8,10H2,2-3H3,(H2,17,23,24)(H,18,19,20). The molecule has 5 aromatic heterocycles. The van der Waals surface area contributed by atoms with Gasteiger partial charge in [-0.25, -0.2) is 42.9 Å². The molecule has 0 radical (unpaired) electrons. The molecule has 10 heterocycles. The number of sulfonamides is 1. The summed E-state index contributed by atoms with van der Waals surface area (Å²) in [6.07, 6.45) is 10.3. The smallest absolute Gasteiger partial charge is 0.238 e. The molecule has 33 heteroatoms. The maximum Gasteiger partial charge on any atom is 0.238 e. The lowest BCUT2D eigenvalue weighted by atomic mass is 10.0. The molecule has 0 fully saturated rings. The average Bonchev–Trinajstić information content (AvgIpc) is 0.808. The third-order valence-corrected chi connectivity index (χ3v) is 22.6. The first-order valence-electron chi connectivity index (χ1n) is 40.4. The summed E-state index contributed by atoms with van der Waals surface area (Å²) in [5.74, 6) is 8.05. The van der Waals surface area contributed by atoms with Gasteiger partial charge in [0.15, 0.2) is 34.9 Å². The number of nitrogens with zero attached hydrogens (tertiary/aromatic N) is 21. The Morgan fingerprint density at radius 1 is 0.408 bits per heavy atom. The van der Waals surface area contributed by atoms with Crippen LogP contribution in [-0.2, 0) is 49.2 Å². The highest BCUT2D eigenvalue weighted by atomic mass is 32.2. The van der Waals surface area contributed by atoms with Crippen LogP contribution in [-0.4, -0.2) is 188 Å². The largest absolute Gasteiger partial charge is 0.496 e. The Morgan fingerprint density at radius 2 is 0.704 bits per heavy atom. The molecule has 11 aromatic rings. The van der Waals surface area contributed by atoms with Gasteiger partial charge in [-0.05, 0) is 76.7 Å². The van der Waals surface area contributed by atoms with Gasteiger partial charge in [-0.1, -0.05) is 142 Å². The van der Waals surface area contributed by atoms with Crippen molar-refractivity contribution < 1.29 is 22.3 Å². The van der Waals surface area contributed by atoms with Crippen molar-refractivity contribution in [1.29, 1.82) is 0 Å². The number of para-hydroxylation sites is 1. The SMILES string of the molecule is C=C1CN(C)c2nc(NCc3ccc(C(=O)CCc4ccccc4)cc3)ncc2N1C.C=C1CN(C)c2nc(NCc3ccc(F)cc3)ncc2N1C.C=C1CN(C)c2nc(NCc3ccc(N(C)C)cc3)ncc2N1C.C=C1CN(C)c2nc(NCc3ccc(S(N)(=O)=O)cc3)ncc2N1C.C=C1CN(C)c2nc(NCc3ccccc3OC)ncc2N1C. The van der Waals surface area contributed by atoms with Crippen molar-refractivity contribution in [2.75, 3.05) is 205 Å². The predicted molar refractivity (Wildman–Crippen MR) is 504 cm³/mol. The number of benzene rings is 6. The molecule has 0 bridgehead atoms. The fourth-order valence-electron chi connectivity index (χ4n) is 13.9. The number of aryl methyl sites for hydroxylation is 1. The highest BCUT2D eigenvalue weighted by Crippen LogP contribution is 2.38. The molecular weight excluding hydrogens is 1600 g/mol. The molecule has 0 amide bonds. The van der Waals surface area contributed by atoms with Crippen molar-refractivity contribution >= 4 is 109 Å². The molecule has 0 atom stereocenters. The van der Waals surface area contributed by atoms with Crippen LogP contribution >= 0.6 is 0 Å². The van der Waals surface area contributed by atoms with E-state index in [0.717, 1.165) is 152 Å². The van der Waals surface area contributed by atoms with Gasteiger partial charge in [-0.15, -0.1) is 0 Å². The third-order valence-electron chi connectivity index (χ3n) is 21.6. The predicted octanol–water partition coefficient (Wildman–Crippen LogP) is 13.1. The minimum atomic E-state index is -3.68. The van der Waals surface area contributed by atoms with Gasteiger partial charge in [0.05, 0.1) is 75.7 Å². The lowest BCUT2D eigenvalue weighted by molar-refractivity contribution is 0.0982. The van der Waals surface area contributed by atoms with Gasteiger partial charge in [0, 0.05) is 169 Å². The highest BCUT2D eigenvalue weighted by Gasteiger charge is 2.29. The van der Waals surface area contributed by atoms with Crippen LogP contribution in [0.3, 0.4) is 0 Å². The third kappa shape index (κ3) is 22.8. The molecule has 650 valence electrons. The van der Waals surface area contributed by atoms with Crippen LogP contribution in [0.4, 0.5) is 97.3 Å². The second kappa shape index (κ2) is 40.5. The fraction of sp³-hybridized carbons (Fsp3) is 0.272. The van der Waals surface area contributed by atoms with E-state index >= 15 is 0 Å². The zero-order valence-electron chi connectivity index (χ0n) is 73.2. The van der Waals surface area contributed by atoms with E-state index in [-0.39, 0.29) is 16.5 Å². The number of hydrogen-bond acceptors (Lipinski definition) is 30. The van der Waals surface area contributed by atoms with E-state index in [0.29, 0.717) is 75.4 Å². The van der Waals surface area contributed by atoms with E-state index in [1.807, 2.05) is 204 Å². The molecule has 31 nitrogen and oxygen atoms in total. The van der Waals surface area contributed by atoms with E-state index < -0.39 is 10.0 Å². The Labute approximate surface area is 732 Å². The van der Waals surface area contributed by atoms with Gasteiger partial charge in [-0.2, -0.15) is 24.9 Å². The van der Waals surface area contributed by atoms with Crippen LogP contribution in [0.5, 0.6) is 5.75 Å². The summed E-state index contributed by atoms with van der Waals surface area (Å²) >= 11 is 0. The molecule has 0 spiro atoms. The van der Waals surface area contributed by atoms with Gasteiger partial charge in [0.25, 0.3) is 0 Å². The van der Waals surface area contributed by atoms with Crippen molar-refractivity contribution in [3.63, 3.8) is 0 Å². The van der Waals surface area contributed by atoms with Gasteiger partial charge >= 0.3 is 0 Å². The number of aromatic nitrogens is 10. The summed E-state index contributed by atoms with van der Waals surface area (Å²) < 4.78 is 40.8. The maximum atomic E-state index is 12.9. The molecular formula is C92H110FN27O4S. The average molecular weight is 1710 g/mol. The number of halogens is 1. The molecule has 5 aliphatic rings. The van der Waals surface area contributed by atoms with E-state index in [2.05, 4.69) is 165 Å². The number of hydrogen-bond donors (Lipinski definition) is 6. The van der Waals surface area contributed by atoms with Crippen molar-refractivity contribution in [3.8, 4) is 5.75 Å². The zero-order chi connectivity index (χ0) is 89.3. The number of primary sulfonamides is 1. The maximum absolute atomic E-state index is 12.9. The van der Waals surface area contributed by atoms with Crippen LogP contribution in [0.1, 0.15) is 50.2 Å². The Morgan fingerprint density at radius 3 is 1.02 bits per heavy atom. The Hall–Kier alpha value is -14.5. The summed E-state index contributed by atoms with van der Waals surface area (Å²) in [7, 11) is 21.9. The van der Waals surface area contributed by atoms with Crippen molar-refractivity contribution in [2.45, 2.75) is 50.5 Å². The minimum absolute atomic E-state index is 0.0890. The molecule has 125 heavy (non-hydrogen) atoms. The Balaban J connectivity index is 0.000000143. The number of nitrogens with one attached hydrogen (secondary N) is 5. The van der Waals surface area contributed by atoms with Crippen LogP contribution in [0.2, 0.25) is 0 Å². The Kier molecular flexibility index (Phi) is 29.1. The molecule has 7 N–H and O–H groups in total. The number of ether oxygens (including phenoxy) is 1. The Bertz CT molecular complexity index is 5790. The number of rotatable bonds is 22. The van der Waals surface area contributed by atoms with E-state index in [4.69, 9.17) is 9.88 Å². The van der Waals surface area contributed by atoms with E-state index in [9.17, 15) is 17.6 Å². The molecule has 5 aliphatic heterocycles.